The number of nitrogens with one attached hydrogen (secondary N) is 1. The predicted octanol–water partition coefficient (Wildman–Crippen LogP) is 2.97. The molecule has 0 aliphatic rings. The van der Waals surface area contributed by atoms with E-state index in [9.17, 15) is 4.79 Å². The van der Waals surface area contributed by atoms with E-state index >= 15 is 0 Å². The number of H-pyrrole nitrogens is 1. The van der Waals surface area contributed by atoms with Gasteiger partial charge in [0.15, 0.2) is 0 Å². The Morgan fingerprint density at radius 1 is 1.35 bits per heavy atom. The fourth-order valence-corrected chi connectivity index (χ4v) is 2.05. The van der Waals surface area contributed by atoms with Crippen LogP contribution in [0.15, 0.2) is 24.3 Å². The molecule has 0 spiro atoms. The highest BCUT2D eigenvalue weighted by atomic mass is 16.5. The van der Waals surface area contributed by atoms with Crippen LogP contribution in [0.4, 0.5) is 0 Å². The van der Waals surface area contributed by atoms with Gasteiger partial charge < -0.3 is 9.72 Å². The van der Waals surface area contributed by atoms with Crippen LogP contribution < -0.4 is 0 Å². The lowest BCUT2D eigenvalue weighted by Gasteiger charge is -2.01. The van der Waals surface area contributed by atoms with Gasteiger partial charge in [-0.25, -0.2) is 0 Å². The lowest BCUT2D eigenvalue weighted by atomic mass is 10.1. The van der Waals surface area contributed by atoms with Crippen molar-refractivity contribution in [2.24, 2.45) is 0 Å². The number of rotatable bonds is 4. The molecule has 1 aromatic carbocycles. The number of aryl methyl sites for hydroxylation is 2. The maximum Gasteiger partial charge on any atom is 0.306 e. The van der Waals surface area contributed by atoms with Gasteiger partial charge in [-0.15, -0.1) is 0 Å². The van der Waals surface area contributed by atoms with Crippen molar-refractivity contribution in [1.82, 2.24) is 4.98 Å². The molecule has 2 rings (SSSR count). The number of ether oxygens (including phenoxy) is 1. The van der Waals surface area contributed by atoms with E-state index in [1.807, 2.05) is 19.1 Å². The van der Waals surface area contributed by atoms with E-state index in [1.54, 1.807) is 0 Å². The largest absolute Gasteiger partial charge is 0.466 e. The Kier molecular flexibility index (Phi) is 3.47. The zero-order chi connectivity index (χ0) is 12.3. The number of carbonyl (C=O) groups excluding carboxylic acids is 1. The molecule has 0 radical (unpaired) electrons. The molecular weight excluding hydrogens is 214 g/mol. The fourth-order valence-electron chi connectivity index (χ4n) is 2.05. The second-order valence-electron chi connectivity index (χ2n) is 4.08. The van der Waals surface area contributed by atoms with Crippen molar-refractivity contribution >= 4 is 16.9 Å². The van der Waals surface area contributed by atoms with Crippen LogP contribution in [0.3, 0.4) is 0 Å². The van der Waals surface area contributed by atoms with Gasteiger partial charge in [-0.2, -0.15) is 0 Å². The lowest BCUT2D eigenvalue weighted by Crippen LogP contribution is -2.05. The second-order valence-corrected chi connectivity index (χ2v) is 4.08. The number of aromatic nitrogens is 1. The number of carbonyl (C=O) groups is 1. The maximum atomic E-state index is 11.3. The smallest absolute Gasteiger partial charge is 0.306 e. The number of aromatic amines is 1. The summed E-state index contributed by atoms with van der Waals surface area (Å²) in [6, 6.07) is 8.18. The van der Waals surface area contributed by atoms with Crippen molar-refractivity contribution in [3.63, 3.8) is 0 Å². The van der Waals surface area contributed by atoms with E-state index in [2.05, 4.69) is 24.0 Å². The Hall–Kier alpha value is -1.77. The summed E-state index contributed by atoms with van der Waals surface area (Å²) in [6.45, 7) is 4.36. The van der Waals surface area contributed by atoms with E-state index in [0.29, 0.717) is 19.4 Å². The van der Waals surface area contributed by atoms with Crippen molar-refractivity contribution in [2.75, 3.05) is 6.61 Å². The van der Waals surface area contributed by atoms with Crippen LogP contribution in [0.1, 0.15) is 24.6 Å². The minimum absolute atomic E-state index is 0.134. The van der Waals surface area contributed by atoms with Crippen LogP contribution in [0.25, 0.3) is 10.9 Å². The van der Waals surface area contributed by atoms with Crippen LogP contribution in [0.2, 0.25) is 0 Å². The Balaban J connectivity index is 2.14. The quantitative estimate of drug-likeness (QED) is 0.822. The van der Waals surface area contributed by atoms with Crippen LogP contribution >= 0.6 is 0 Å². The first-order valence-electron chi connectivity index (χ1n) is 5.94. The third-order valence-electron chi connectivity index (χ3n) is 2.95. The third-order valence-corrected chi connectivity index (χ3v) is 2.95. The third kappa shape index (κ3) is 2.49. The number of para-hydroxylation sites is 1. The van der Waals surface area contributed by atoms with Crippen molar-refractivity contribution in [3.05, 3.63) is 35.5 Å². The fraction of sp³-hybridized carbons (Fsp3) is 0.357. The van der Waals surface area contributed by atoms with Crippen molar-refractivity contribution < 1.29 is 9.53 Å². The Morgan fingerprint density at radius 2 is 2.12 bits per heavy atom. The molecule has 0 unspecified atom stereocenters. The van der Waals surface area contributed by atoms with Gasteiger partial charge in [0.1, 0.15) is 0 Å². The Morgan fingerprint density at radius 3 is 2.82 bits per heavy atom. The molecule has 3 heteroatoms. The van der Waals surface area contributed by atoms with Gasteiger partial charge in [-0.1, -0.05) is 18.2 Å². The Labute approximate surface area is 101 Å². The number of benzene rings is 1. The van der Waals surface area contributed by atoms with Crippen molar-refractivity contribution in [1.29, 1.82) is 0 Å². The summed E-state index contributed by atoms with van der Waals surface area (Å²) in [5, 5.41) is 1.23. The normalized spacial score (nSPS) is 10.7. The zero-order valence-electron chi connectivity index (χ0n) is 10.2. The summed E-state index contributed by atoms with van der Waals surface area (Å²) in [7, 11) is 0. The van der Waals surface area contributed by atoms with E-state index in [-0.39, 0.29) is 5.97 Å². The summed E-state index contributed by atoms with van der Waals surface area (Å²) in [6.07, 6.45) is 1.14. The topological polar surface area (TPSA) is 42.1 Å². The molecule has 1 heterocycles. The number of hydrogen-bond donors (Lipinski definition) is 1. The molecule has 1 N–H and O–H groups in total. The standard InChI is InChI=1S/C14H17NO2/c1-3-17-14(16)9-8-12-10(2)11-6-4-5-7-13(11)15-12/h4-7,15H,3,8-9H2,1-2H3. The Bertz CT molecular complexity index is 528. The zero-order valence-corrected chi connectivity index (χ0v) is 10.2. The monoisotopic (exact) mass is 231 g/mol. The molecule has 0 fully saturated rings. The molecule has 0 amide bonds. The van der Waals surface area contributed by atoms with Gasteiger partial charge in [0.25, 0.3) is 0 Å². The highest BCUT2D eigenvalue weighted by Crippen LogP contribution is 2.22. The summed E-state index contributed by atoms with van der Waals surface area (Å²) >= 11 is 0. The maximum absolute atomic E-state index is 11.3. The molecule has 17 heavy (non-hydrogen) atoms. The first kappa shape index (κ1) is 11.7. The molecule has 0 atom stereocenters. The van der Waals surface area contributed by atoms with Gasteiger partial charge >= 0.3 is 5.97 Å². The summed E-state index contributed by atoms with van der Waals surface area (Å²) in [5.41, 5.74) is 3.48. The second kappa shape index (κ2) is 5.04. The van der Waals surface area contributed by atoms with Crippen LogP contribution in [-0.4, -0.2) is 17.6 Å². The highest BCUT2D eigenvalue weighted by Gasteiger charge is 2.09. The number of esters is 1. The van der Waals surface area contributed by atoms with E-state index in [1.165, 1.54) is 10.9 Å². The van der Waals surface area contributed by atoms with E-state index in [0.717, 1.165) is 11.2 Å². The molecule has 3 nitrogen and oxygen atoms in total. The summed E-state index contributed by atoms with van der Waals surface area (Å²) < 4.78 is 4.92. The van der Waals surface area contributed by atoms with Gasteiger partial charge in [-0.3, -0.25) is 4.79 Å². The van der Waals surface area contributed by atoms with Gasteiger partial charge in [0.05, 0.1) is 13.0 Å². The van der Waals surface area contributed by atoms with E-state index in [4.69, 9.17) is 4.74 Å². The first-order valence-corrected chi connectivity index (χ1v) is 5.94. The first-order chi connectivity index (χ1) is 8.22. The molecule has 0 saturated heterocycles. The SMILES string of the molecule is CCOC(=O)CCc1[nH]c2ccccc2c1C. The lowest BCUT2D eigenvalue weighted by molar-refractivity contribution is -0.143. The van der Waals surface area contributed by atoms with Gasteiger partial charge in [0.2, 0.25) is 0 Å². The van der Waals surface area contributed by atoms with Gasteiger partial charge in [0, 0.05) is 16.6 Å². The molecule has 1 aromatic heterocycles. The minimum Gasteiger partial charge on any atom is -0.466 e. The van der Waals surface area contributed by atoms with Gasteiger partial charge in [-0.05, 0) is 31.9 Å². The molecule has 0 bridgehead atoms. The molecule has 90 valence electrons. The van der Waals surface area contributed by atoms with Crippen LogP contribution in [-0.2, 0) is 16.0 Å². The molecule has 0 aliphatic carbocycles. The van der Waals surface area contributed by atoms with Crippen LogP contribution in [0.5, 0.6) is 0 Å². The minimum atomic E-state index is -0.134. The summed E-state index contributed by atoms with van der Waals surface area (Å²) in [4.78, 5) is 14.7. The van der Waals surface area contributed by atoms with Crippen molar-refractivity contribution in [2.45, 2.75) is 26.7 Å². The highest BCUT2D eigenvalue weighted by molar-refractivity contribution is 5.84. The number of fused-ring (bicyclic) bond motifs is 1. The average Bonchev–Trinajstić information content (AvgIpc) is 2.65. The van der Waals surface area contributed by atoms with E-state index < -0.39 is 0 Å². The predicted molar refractivity (Wildman–Crippen MR) is 68.0 cm³/mol. The molecule has 0 saturated carbocycles. The van der Waals surface area contributed by atoms with Crippen LogP contribution in [0, 0.1) is 6.92 Å². The van der Waals surface area contributed by atoms with Crippen molar-refractivity contribution in [3.8, 4) is 0 Å². The summed E-state index contributed by atoms with van der Waals surface area (Å²) in [5.74, 6) is -0.134. The molecule has 2 aromatic rings. The molecule has 0 aliphatic heterocycles. The average molecular weight is 231 g/mol. The molecular formula is C14H17NO2. The number of hydrogen-bond acceptors (Lipinski definition) is 2.